The molecule has 1 heterocycles. The Morgan fingerprint density at radius 2 is 2.37 bits per heavy atom. The van der Waals surface area contributed by atoms with Crippen LogP contribution in [0.1, 0.15) is 0 Å². The third-order valence-electron chi connectivity index (χ3n) is 2.21. The number of urea groups is 1. The molecule has 1 aromatic heterocycles. The maximum Gasteiger partial charge on any atom is 0.312 e. The van der Waals surface area contributed by atoms with E-state index in [9.17, 15) is 20.0 Å². The summed E-state index contributed by atoms with van der Waals surface area (Å²) in [6.07, 6.45) is 1.63. The minimum absolute atomic E-state index is 0.120. The zero-order valence-electron chi connectivity index (χ0n) is 10.2. The van der Waals surface area contributed by atoms with Crippen LogP contribution in [-0.4, -0.2) is 51.6 Å². The molecule has 1 rings (SSSR count). The summed E-state index contributed by atoms with van der Waals surface area (Å²) in [6, 6.07) is -0.605. The summed E-state index contributed by atoms with van der Waals surface area (Å²) in [4.78, 5) is 20.2. The number of aliphatic hydroxyl groups excluding tert-OH is 1. The second kappa shape index (κ2) is 7.28. The highest BCUT2D eigenvalue weighted by atomic mass is 16.6. The molecule has 0 bridgehead atoms. The quantitative estimate of drug-likeness (QED) is 0.255. The van der Waals surface area contributed by atoms with E-state index in [-0.39, 0.29) is 18.8 Å². The van der Waals surface area contributed by atoms with Crippen LogP contribution in [0.25, 0.3) is 0 Å². The molecular weight excluding hydrogens is 256 g/mol. The van der Waals surface area contributed by atoms with Crippen LogP contribution in [0.3, 0.4) is 0 Å². The average molecular weight is 272 g/mol. The minimum atomic E-state index is -0.743. The van der Waals surface area contributed by atoms with Gasteiger partial charge in [-0.15, -0.1) is 0 Å². The number of hydrogen-bond donors (Lipinski definition) is 4. The van der Waals surface area contributed by atoms with Crippen molar-refractivity contribution in [1.29, 1.82) is 0 Å². The molecular formula is C9H16N6O4. The number of carbonyl (C=O) groups excluding carboxylic acids is 1. The number of primary amides is 1. The number of hydrogen-bond acceptors (Lipinski definition) is 6. The van der Waals surface area contributed by atoms with Crippen LogP contribution in [0.2, 0.25) is 0 Å². The highest BCUT2D eigenvalue weighted by Gasteiger charge is 2.11. The van der Waals surface area contributed by atoms with E-state index in [0.29, 0.717) is 13.1 Å². The van der Waals surface area contributed by atoms with Crippen LogP contribution >= 0.6 is 0 Å². The summed E-state index contributed by atoms with van der Waals surface area (Å²) < 4.78 is 1.30. The first-order valence-electron chi connectivity index (χ1n) is 5.58. The standard InChI is InChI=1S/C9H16N6O4/c10-9(17)12-2-1-11-4-8(16)6-14-5-7(3-13-14)15(18)19/h3,5,8,11,16H,1-2,4,6H2,(H3,10,12,17). The molecule has 0 fully saturated rings. The lowest BCUT2D eigenvalue weighted by Gasteiger charge is -2.11. The van der Waals surface area contributed by atoms with Crippen molar-refractivity contribution in [3.63, 3.8) is 0 Å². The summed E-state index contributed by atoms with van der Waals surface area (Å²) in [5, 5.41) is 29.1. The lowest BCUT2D eigenvalue weighted by atomic mass is 10.3. The Kier molecular flexibility index (Phi) is 5.70. The van der Waals surface area contributed by atoms with E-state index >= 15 is 0 Å². The monoisotopic (exact) mass is 272 g/mol. The summed E-state index contributed by atoms with van der Waals surface area (Å²) in [5.74, 6) is 0. The molecule has 0 aromatic carbocycles. The molecule has 0 saturated carbocycles. The zero-order valence-corrected chi connectivity index (χ0v) is 10.2. The lowest BCUT2D eigenvalue weighted by molar-refractivity contribution is -0.385. The van der Waals surface area contributed by atoms with E-state index in [1.807, 2.05) is 0 Å². The van der Waals surface area contributed by atoms with Crippen molar-refractivity contribution in [1.82, 2.24) is 20.4 Å². The van der Waals surface area contributed by atoms with Gasteiger partial charge in [0.25, 0.3) is 0 Å². The first-order chi connectivity index (χ1) is 8.99. The van der Waals surface area contributed by atoms with Crippen LogP contribution in [0, 0.1) is 10.1 Å². The van der Waals surface area contributed by atoms with Crippen LogP contribution in [0.4, 0.5) is 10.5 Å². The third-order valence-corrected chi connectivity index (χ3v) is 2.21. The number of aliphatic hydroxyl groups is 1. The van der Waals surface area contributed by atoms with Crippen molar-refractivity contribution < 1.29 is 14.8 Å². The second-order valence-corrected chi connectivity index (χ2v) is 3.83. The molecule has 19 heavy (non-hydrogen) atoms. The maximum absolute atomic E-state index is 10.4. The van der Waals surface area contributed by atoms with E-state index in [1.54, 1.807) is 0 Å². The van der Waals surface area contributed by atoms with E-state index in [4.69, 9.17) is 5.73 Å². The van der Waals surface area contributed by atoms with E-state index < -0.39 is 17.1 Å². The molecule has 0 aliphatic carbocycles. The Bertz CT molecular complexity index is 434. The van der Waals surface area contributed by atoms with Gasteiger partial charge in [-0.1, -0.05) is 0 Å². The van der Waals surface area contributed by atoms with Crippen molar-refractivity contribution in [2.45, 2.75) is 12.6 Å². The molecule has 5 N–H and O–H groups in total. The molecule has 0 aliphatic heterocycles. The Labute approximate surface area is 108 Å². The smallest absolute Gasteiger partial charge is 0.312 e. The summed E-state index contributed by atoms with van der Waals surface area (Å²) in [6.45, 7) is 1.23. The van der Waals surface area contributed by atoms with Crippen LogP contribution in [-0.2, 0) is 6.54 Å². The van der Waals surface area contributed by atoms with Gasteiger partial charge in [0.05, 0.1) is 17.6 Å². The summed E-state index contributed by atoms with van der Waals surface area (Å²) >= 11 is 0. The minimum Gasteiger partial charge on any atom is -0.390 e. The SMILES string of the molecule is NC(=O)NCCNCC(O)Cn1cc([N+](=O)[O-])cn1. The summed E-state index contributed by atoms with van der Waals surface area (Å²) in [5.41, 5.74) is 4.75. The van der Waals surface area contributed by atoms with Crippen molar-refractivity contribution in [2.75, 3.05) is 19.6 Å². The molecule has 0 saturated heterocycles. The molecule has 0 radical (unpaired) electrons. The van der Waals surface area contributed by atoms with Crippen LogP contribution in [0.5, 0.6) is 0 Å². The Balaban J connectivity index is 2.21. The molecule has 106 valence electrons. The number of nitrogens with zero attached hydrogens (tertiary/aromatic N) is 3. The van der Waals surface area contributed by atoms with E-state index in [2.05, 4.69) is 15.7 Å². The number of amides is 2. The fourth-order valence-electron chi connectivity index (χ4n) is 1.37. The Morgan fingerprint density at radius 3 is 2.95 bits per heavy atom. The van der Waals surface area contributed by atoms with Gasteiger partial charge in [-0.05, 0) is 0 Å². The van der Waals surface area contributed by atoms with Crippen LogP contribution in [0.15, 0.2) is 12.4 Å². The van der Waals surface area contributed by atoms with E-state index in [0.717, 1.165) is 6.20 Å². The number of aromatic nitrogens is 2. The van der Waals surface area contributed by atoms with Crippen molar-refractivity contribution >= 4 is 11.7 Å². The topological polar surface area (TPSA) is 148 Å². The van der Waals surface area contributed by atoms with Gasteiger partial charge >= 0.3 is 11.7 Å². The molecule has 2 amide bonds. The fraction of sp³-hybridized carbons (Fsp3) is 0.556. The molecule has 1 atom stereocenters. The predicted molar refractivity (Wildman–Crippen MR) is 65.3 cm³/mol. The number of nitrogens with one attached hydrogen (secondary N) is 2. The lowest BCUT2D eigenvalue weighted by Crippen LogP contribution is -2.38. The van der Waals surface area contributed by atoms with Gasteiger partial charge in [-0.2, -0.15) is 5.10 Å². The third kappa shape index (κ3) is 5.79. The van der Waals surface area contributed by atoms with Crippen LogP contribution < -0.4 is 16.4 Å². The first kappa shape index (κ1) is 14.9. The van der Waals surface area contributed by atoms with Crippen molar-refractivity contribution in [3.05, 3.63) is 22.5 Å². The largest absolute Gasteiger partial charge is 0.390 e. The predicted octanol–water partition coefficient (Wildman–Crippen LogP) is -1.59. The van der Waals surface area contributed by atoms with Crippen molar-refractivity contribution in [2.24, 2.45) is 5.73 Å². The number of nitro groups is 1. The van der Waals surface area contributed by atoms with Gasteiger partial charge < -0.3 is 21.5 Å². The molecule has 0 aliphatic rings. The molecule has 10 nitrogen and oxygen atoms in total. The van der Waals surface area contributed by atoms with Gasteiger partial charge in [-0.3, -0.25) is 14.8 Å². The van der Waals surface area contributed by atoms with Gasteiger partial charge in [0.1, 0.15) is 12.4 Å². The zero-order chi connectivity index (χ0) is 14.3. The number of rotatable bonds is 8. The molecule has 1 aromatic rings. The normalized spacial score (nSPS) is 12.1. The van der Waals surface area contributed by atoms with Gasteiger partial charge in [0, 0.05) is 19.6 Å². The van der Waals surface area contributed by atoms with Gasteiger partial charge in [0.2, 0.25) is 0 Å². The average Bonchev–Trinajstić information content (AvgIpc) is 2.76. The highest BCUT2D eigenvalue weighted by molar-refractivity contribution is 5.71. The number of carbonyl (C=O) groups is 1. The maximum atomic E-state index is 10.4. The van der Waals surface area contributed by atoms with Gasteiger partial charge in [0.15, 0.2) is 0 Å². The molecule has 0 spiro atoms. The molecule has 10 heteroatoms. The Hall–Kier alpha value is -2.20. The fourth-order valence-corrected chi connectivity index (χ4v) is 1.37. The van der Waals surface area contributed by atoms with Gasteiger partial charge in [-0.25, -0.2) is 4.79 Å². The summed E-state index contributed by atoms with van der Waals surface area (Å²) in [7, 11) is 0. The highest BCUT2D eigenvalue weighted by Crippen LogP contribution is 2.07. The second-order valence-electron chi connectivity index (χ2n) is 3.83. The van der Waals surface area contributed by atoms with Crippen molar-refractivity contribution in [3.8, 4) is 0 Å². The number of nitrogens with two attached hydrogens (primary N) is 1. The Morgan fingerprint density at radius 1 is 1.63 bits per heavy atom. The molecule has 1 unspecified atom stereocenters. The van der Waals surface area contributed by atoms with E-state index in [1.165, 1.54) is 10.9 Å². The first-order valence-corrected chi connectivity index (χ1v) is 5.58.